The summed E-state index contributed by atoms with van der Waals surface area (Å²) in [6, 6.07) is 0. The molecule has 0 spiro atoms. The predicted molar refractivity (Wildman–Crippen MR) is 77.3 cm³/mol. The Morgan fingerprint density at radius 3 is 2.85 bits per heavy atom. The van der Waals surface area contributed by atoms with E-state index in [4.69, 9.17) is 15.7 Å². The van der Waals surface area contributed by atoms with Gasteiger partial charge in [0.05, 0.1) is 16.9 Å². The molecule has 0 aromatic carbocycles. The fourth-order valence-electron chi connectivity index (χ4n) is 2.91. The molecule has 1 aliphatic rings. The molecule has 1 saturated heterocycles. The standard InChI is InChI=1S/C13H23N5O2/c1-9-10(11(14)16-19)12(17(3)15-9)18-7-5-6-13(2,8-18)20-4/h19H,5-8H2,1-4H3,(H2,14,16). The molecule has 1 unspecified atom stereocenters. The molecule has 1 atom stereocenters. The third-order valence-electron chi connectivity index (χ3n) is 4.01. The maximum atomic E-state index is 8.98. The second-order valence-electron chi connectivity index (χ2n) is 5.57. The number of oxime groups is 1. The van der Waals surface area contributed by atoms with Crippen LogP contribution in [-0.2, 0) is 11.8 Å². The molecule has 1 aliphatic heterocycles. The first-order valence-electron chi connectivity index (χ1n) is 6.73. The summed E-state index contributed by atoms with van der Waals surface area (Å²) in [7, 11) is 3.61. The van der Waals surface area contributed by atoms with Gasteiger partial charge in [0.2, 0.25) is 0 Å². The molecular formula is C13H23N5O2. The van der Waals surface area contributed by atoms with Gasteiger partial charge in [0.25, 0.3) is 0 Å². The Balaban J connectivity index is 2.42. The van der Waals surface area contributed by atoms with Gasteiger partial charge in [0.15, 0.2) is 5.84 Å². The van der Waals surface area contributed by atoms with Crippen LogP contribution >= 0.6 is 0 Å². The molecule has 7 heteroatoms. The molecule has 0 saturated carbocycles. The van der Waals surface area contributed by atoms with E-state index in [9.17, 15) is 0 Å². The number of nitrogens with zero attached hydrogens (tertiary/aromatic N) is 4. The van der Waals surface area contributed by atoms with Gasteiger partial charge in [-0.2, -0.15) is 5.10 Å². The summed E-state index contributed by atoms with van der Waals surface area (Å²) < 4.78 is 7.40. The van der Waals surface area contributed by atoms with E-state index in [0.717, 1.165) is 37.4 Å². The van der Waals surface area contributed by atoms with E-state index < -0.39 is 0 Å². The van der Waals surface area contributed by atoms with E-state index in [1.165, 1.54) is 0 Å². The average molecular weight is 281 g/mol. The Bertz CT molecular complexity index is 525. The van der Waals surface area contributed by atoms with Gasteiger partial charge in [-0.15, -0.1) is 0 Å². The number of amidine groups is 1. The van der Waals surface area contributed by atoms with Gasteiger partial charge in [0, 0.05) is 27.2 Å². The molecule has 0 radical (unpaired) electrons. The number of aryl methyl sites for hydroxylation is 2. The third-order valence-corrected chi connectivity index (χ3v) is 4.01. The van der Waals surface area contributed by atoms with Crippen LogP contribution in [0.3, 0.4) is 0 Å². The van der Waals surface area contributed by atoms with Gasteiger partial charge in [-0.05, 0) is 26.7 Å². The summed E-state index contributed by atoms with van der Waals surface area (Å²) in [5.74, 6) is 0.969. The normalized spacial score (nSPS) is 24.2. The summed E-state index contributed by atoms with van der Waals surface area (Å²) in [6.07, 6.45) is 2.06. The van der Waals surface area contributed by atoms with Crippen molar-refractivity contribution in [1.82, 2.24) is 9.78 Å². The first-order chi connectivity index (χ1) is 9.41. The van der Waals surface area contributed by atoms with Gasteiger partial charge >= 0.3 is 0 Å². The number of anilines is 1. The van der Waals surface area contributed by atoms with E-state index >= 15 is 0 Å². The minimum Gasteiger partial charge on any atom is -0.409 e. The van der Waals surface area contributed by atoms with E-state index in [1.807, 2.05) is 14.0 Å². The molecule has 112 valence electrons. The van der Waals surface area contributed by atoms with Gasteiger partial charge in [-0.3, -0.25) is 4.68 Å². The molecule has 0 aliphatic carbocycles. The van der Waals surface area contributed by atoms with Crippen LogP contribution in [0.2, 0.25) is 0 Å². The van der Waals surface area contributed by atoms with Crippen molar-refractivity contribution in [2.75, 3.05) is 25.1 Å². The van der Waals surface area contributed by atoms with Crippen LogP contribution in [0, 0.1) is 6.92 Å². The lowest BCUT2D eigenvalue weighted by Crippen LogP contribution is -2.48. The fraction of sp³-hybridized carbons (Fsp3) is 0.692. The number of ether oxygens (including phenoxy) is 1. The molecule has 1 aromatic rings. The number of rotatable bonds is 3. The van der Waals surface area contributed by atoms with E-state index in [-0.39, 0.29) is 11.4 Å². The SMILES string of the molecule is COC1(C)CCCN(c2c(C(N)=NO)c(C)nn2C)C1. The molecule has 0 amide bonds. The van der Waals surface area contributed by atoms with Crippen molar-refractivity contribution in [2.45, 2.75) is 32.3 Å². The monoisotopic (exact) mass is 281 g/mol. The van der Waals surface area contributed by atoms with Crippen molar-refractivity contribution in [1.29, 1.82) is 0 Å². The largest absolute Gasteiger partial charge is 0.409 e. The second-order valence-corrected chi connectivity index (χ2v) is 5.57. The number of hydrogen-bond donors (Lipinski definition) is 2. The lowest BCUT2D eigenvalue weighted by Gasteiger charge is -2.40. The van der Waals surface area contributed by atoms with Crippen LogP contribution in [0.25, 0.3) is 0 Å². The highest BCUT2D eigenvalue weighted by Crippen LogP contribution is 2.31. The van der Waals surface area contributed by atoms with Gasteiger partial charge in [-0.25, -0.2) is 0 Å². The topological polar surface area (TPSA) is 88.9 Å². The van der Waals surface area contributed by atoms with Crippen LogP contribution in [0.1, 0.15) is 31.0 Å². The highest BCUT2D eigenvalue weighted by molar-refractivity contribution is 6.02. The zero-order valence-electron chi connectivity index (χ0n) is 12.6. The Labute approximate surface area is 119 Å². The molecule has 0 bridgehead atoms. The summed E-state index contributed by atoms with van der Waals surface area (Å²) in [4.78, 5) is 2.19. The fourth-order valence-corrected chi connectivity index (χ4v) is 2.91. The maximum Gasteiger partial charge on any atom is 0.175 e. The van der Waals surface area contributed by atoms with E-state index in [1.54, 1.807) is 11.8 Å². The minimum atomic E-state index is -0.182. The van der Waals surface area contributed by atoms with Crippen LogP contribution in [0.15, 0.2) is 5.16 Å². The highest BCUT2D eigenvalue weighted by atomic mass is 16.5. The van der Waals surface area contributed by atoms with Gasteiger partial charge in [0.1, 0.15) is 5.82 Å². The van der Waals surface area contributed by atoms with Crippen molar-refractivity contribution >= 4 is 11.7 Å². The van der Waals surface area contributed by atoms with Crippen LogP contribution in [-0.4, -0.2) is 46.6 Å². The summed E-state index contributed by atoms with van der Waals surface area (Å²) in [6.45, 7) is 5.62. The number of hydrogen-bond acceptors (Lipinski definition) is 5. The lowest BCUT2D eigenvalue weighted by atomic mass is 9.94. The first kappa shape index (κ1) is 14.6. The summed E-state index contributed by atoms with van der Waals surface area (Å²) in [5.41, 5.74) is 7.07. The average Bonchev–Trinajstić information content (AvgIpc) is 2.72. The number of aromatic nitrogens is 2. The van der Waals surface area contributed by atoms with Crippen molar-refractivity contribution in [2.24, 2.45) is 17.9 Å². The van der Waals surface area contributed by atoms with Crippen molar-refractivity contribution < 1.29 is 9.94 Å². The van der Waals surface area contributed by atoms with E-state index in [0.29, 0.717) is 5.56 Å². The zero-order chi connectivity index (χ0) is 14.9. The van der Waals surface area contributed by atoms with Crippen LogP contribution in [0.4, 0.5) is 5.82 Å². The molecular weight excluding hydrogens is 258 g/mol. The van der Waals surface area contributed by atoms with Crippen molar-refractivity contribution in [3.05, 3.63) is 11.3 Å². The molecule has 3 N–H and O–H groups in total. The first-order valence-corrected chi connectivity index (χ1v) is 6.73. The minimum absolute atomic E-state index is 0.0929. The Morgan fingerprint density at radius 2 is 2.25 bits per heavy atom. The van der Waals surface area contributed by atoms with E-state index in [2.05, 4.69) is 22.1 Å². The molecule has 2 heterocycles. The van der Waals surface area contributed by atoms with Crippen LogP contribution in [0.5, 0.6) is 0 Å². The Morgan fingerprint density at radius 1 is 1.55 bits per heavy atom. The van der Waals surface area contributed by atoms with Crippen LogP contribution < -0.4 is 10.6 Å². The van der Waals surface area contributed by atoms with Gasteiger partial charge < -0.3 is 20.6 Å². The highest BCUT2D eigenvalue weighted by Gasteiger charge is 2.34. The second kappa shape index (κ2) is 5.32. The maximum absolute atomic E-state index is 8.98. The predicted octanol–water partition coefficient (Wildman–Crippen LogP) is 0.828. The molecule has 1 aromatic heterocycles. The molecule has 20 heavy (non-hydrogen) atoms. The lowest BCUT2D eigenvalue weighted by molar-refractivity contribution is -0.00494. The van der Waals surface area contributed by atoms with Crippen molar-refractivity contribution in [3.8, 4) is 0 Å². The quantitative estimate of drug-likeness (QED) is 0.371. The molecule has 2 rings (SSSR count). The third kappa shape index (κ3) is 2.45. The van der Waals surface area contributed by atoms with Gasteiger partial charge in [-0.1, -0.05) is 5.16 Å². The number of nitrogens with two attached hydrogens (primary N) is 1. The molecule has 7 nitrogen and oxygen atoms in total. The summed E-state index contributed by atoms with van der Waals surface area (Å²) >= 11 is 0. The number of methoxy groups -OCH3 is 1. The van der Waals surface area contributed by atoms with Crippen molar-refractivity contribution in [3.63, 3.8) is 0 Å². The zero-order valence-corrected chi connectivity index (χ0v) is 12.6. The smallest absolute Gasteiger partial charge is 0.175 e. The summed E-state index contributed by atoms with van der Waals surface area (Å²) in [5, 5.41) is 16.5. The number of piperidine rings is 1. The Hall–Kier alpha value is -1.76. The Kier molecular flexibility index (Phi) is 3.89. The molecule has 1 fully saturated rings.